The van der Waals surface area contributed by atoms with Crippen molar-refractivity contribution in [3.63, 3.8) is 0 Å². The predicted octanol–water partition coefficient (Wildman–Crippen LogP) is 5.52. The van der Waals surface area contributed by atoms with Crippen LogP contribution >= 0.6 is 11.3 Å². The first-order valence-electron chi connectivity index (χ1n) is 8.02. The van der Waals surface area contributed by atoms with Crippen LogP contribution in [0.4, 0.5) is 5.13 Å². The first-order valence-corrected chi connectivity index (χ1v) is 8.90. The van der Waals surface area contributed by atoms with Crippen LogP contribution in [0.5, 0.6) is 0 Å². The fraction of sp³-hybridized carbons (Fsp3) is 0.0476. The Balaban J connectivity index is 1.59. The van der Waals surface area contributed by atoms with Gasteiger partial charge in [0.2, 0.25) is 0 Å². The number of anilines is 1. The Kier molecular flexibility index (Phi) is 4.04. The summed E-state index contributed by atoms with van der Waals surface area (Å²) in [6.07, 6.45) is 0. The Morgan fingerprint density at radius 1 is 0.960 bits per heavy atom. The van der Waals surface area contributed by atoms with E-state index < -0.39 is 0 Å². The van der Waals surface area contributed by atoms with Crippen molar-refractivity contribution >= 4 is 33.1 Å². The normalized spacial score (nSPS) is 10.8. The monoisotopic (exact) mass is 344 g/mol. The van der Waals surface area contributed by atoms with Gasteiger partial charge in [-0.05, 0) is 35.4 Å². The molecule has 1 N–H and O–H groups in total. The van der Waals surface area contributed by atoms with Crippen LogP contribution in [0.3, 0.4) is 0 Å². The van der Waals surface area contributed by atoms with Crippen molar-refractivity contribution in [2.45, 2.75) is 6.92 Å². The van der Waals surface area contributed by atoms with E-state index in [2.05, 4.69) is 40.6 Å². The maximum atomic E-state index is 12.4. The topological polar surface area (TPSA) is 42.0 Å². The van der Waals surface area contributed by atoms with Crippen LogP contribution in [0.25, 0.3) is 22.0 Å². The fourth-order valence-electron chi connectivity index (χ4n) is 2.80. The average molecular weight is 344 g/mol. The van der Waals surface area contributed by atoms with Crippen molar-refractivity contribution in [2.75, 3.05) is 5.32 Å². The second kappa shape index (κ2) is 6.49. The van der Waals surface area contributed by atoms with E-state index in [-0.39, 0.29) is 5.91 Å². The van der Waals surface area contributed by atoms with Gasteiger partial charge in [0.05, 0.1) is 5.69 Å². The van der Waals surface area contributed by atoms with E-state index in [1.165, 1.54) is 22.1 Å². The maximum absolute atomic E-state index is 12.4. The number of fused-ring (bicyclic) bond motifs is 1. The van der Waals surface area contributed by atoms with Crippen molar-refractivity contribution in [1.82, 2.24) is 4.98 Å². The van der Waals surface area contributed by atoms with Gasteiger partial charge in [-0.3, -0.25) is 10.1 Å². The summed E-state index contributed by atoms with van der Waals surface area (Å²) in [6, 6.07) is 22.1. The van der Waals surface area contributed by atoms with Gasteiger partial charge >= 0.3 is 0 Å². The minimum Gasteiger partial charge on any atom is -0.298 e. The molecule has 0 aliphatic carbocycles. The second-order valence-electron chi connectivity index (χ2n) is 5.87. The maximum Gasteiger partial charge on any atom is 0.257 e. The van der Waals surface area contributed by atoms with Crippen LogP contribution in [0, 0.1) is 6.92 Å². The van der Waals surface area contributed by atoms with E-state index in [1.807, 2.05) is 48.7 Å². The zero-order valence-electron chi connectivity index (χ0n) is 13.7. The van der Waals surface area contributed by atoms with Gasteiger partial charge in [-0.25, -0.2) is 4.98 Å². The van der Waals surface area contributed by atoms with Crippen molar-refractivity contribution in [1.29, 1.82) is 0 Å². The van der Waals surface area contributed by atoms with Crippen LogP contribution < -0.4 is 5.32 Å². The molecular weight excluding hydrogens is 328 g/mol. The fourth-order valence-corrected chi connectivity index (χ4v) is 3.52. The molecule has 0 bridgehead atoms. The average Bonchev–Trinajstić information content (AvgIpc) is 3.10. The quantitative estimate of drug-likeness (QED) is 0.531. The summed E-state index contributed by atoms with van der Waals surface area (Å²) in [5.41, 5.74) is 3.54. The number of nitrogens with zero attached hydrogens (tertiary/aromatic N) is 1. The smallest absolute Gasteiger partial charge is 0.257 e. The second-order valence-corrected chi connectivity index (χ2v) is 6.73. The molecule has 25 heavy (non-hydrogen) atoms. The lowest BCUT2D eigenvalue weighted by Gasteiger charge is -2.04. The molecule has 0 atom stereocenters. The summed E-state index contributed by atoms with van der Waals surface area (Å²) >= 11 is 1.44. The van der Waals surface area contributed by atoms with Gasteiger partial charge in [-0.1, -0.05) is 54.6 Å². The molecule has 3 nitrogen and oxygen atoms in total. The Morgan fingerprint density at radius 3 is 2.56 bits per heavy atom. The molecule has 0 saturated heterocycles. The number of hydrogen-bond acceptors (Lipinski definition) is 3. The highest BCUT2D eigenvalue weighted by molar-refractivity contribution is 7.14. The van der Waals surface area contributed by atoms with E-state index in [1.54, 1.807) is 0 Å². The number of thiazole rings is 1. The number of nitrogens with one attached hydrogen (secondary N) is 1. The number of amides is 1. The Bertz CT molecular complexity index is 1070. The van der Waals surface area contributed by atoms with E-state index in [9.17, 15) is 4.79 Å². The van der Waals surface area contributed by atoms with Crippen LogP contribution in [-0.4, -0.2) is 10.9 Å². The van der Waals surface area contributed by atoms with Crippen molar-refractivity contribution in [3.05, 3.63) is 83.2 Å². The van der Waals surface area contributed by atoms with Gasteiger partial charge in [-0.15, -0.1) is 11.3 Å². The Labute approximate surface area is 150 Å². The summed E-state index contributed by atoms with van der Waals surface area (Å²) in [6.45, 7) is 1.93. The van der Waals surface area contributed by atoms with E-state index in [0.717, 1.165) is 16.8 Å². The molecule has 3 aromatic carbocycles. The Hall–Kier alpha value is -2.98. The number of hydrogen-bond donors (Lipinski definition) is 1. The van der Waals surface area contributed by atoms with E-state index in [4.69, 9.17) is 0 Å². The van der Waals surface area contributed by atoms with Crippen molar-refractivity contribution in [2.24, 2.45) is 0 Å². The largest absolute Gasteiger partial charge is 0.298 e. The molecule has 4 heteroatoms. The standard InChI is InChI=1S/C21H16N2OS/c1-14-6-2-5-9-18(14)20(24)23-21-22-19(13-25-21)17-11-10-15-7-3-4-8-16(15)12-17/h2-13H,1H3,(H,22,23,24). The van der Waals surface area contributed by atoms with Gasteiger partial charge in [-0.2, -0.15) is 0 Å². The number of aryl methyl sites for hydroxylation is 1. The van der Waals surface area contributed by atoms with Gasteiger partial charge in [0, 0.05) is 16.5 Å². The van der Waals surface area contributed by atoms with Crippen molar-refractivity contribution < 1.29 is 4.79 Å². The molecule has 122 valence electrons. The molecule has 4 rings (SSSR count). The predicted molar refractivity (Wildman–Crippen MR) is 104 cm³/mol. The van der Waals surface area contributed by atoms with E-state index in [0.29, 0.717) is 10.7 Å². The molecule has 0 aliphatic rings. The highest BCUT2D eigenvalue weighted by atomic mass is 32.1. The lowest BCUT2D eigenvalue weighted by molar-refractivity contribution is 0.102. The van der Waals surface area contributed by atoms with Gasteiger partial charge in [0.15, 0.2) is 5.13 Å². The molecule has 4 aromatic rings. The third-order valence-electron chi connectivity index (χ3n) is 4.16. The molecule has 0 fully saturated rings. The summed E-state index contributed by atoms with van der Waals surface area (Å²) in [7, 11) is 0. The van der Waals surface area contributed by atoms with Crippen LogP contribution in [0.15, 0.2) is 72.1 Å². The lowest BCUT2D eigenvalue weighted by Crippen LogP contribution is -2.12. The molecule has 0 radical (unpaired) electrons. The third kappa shape index (κ3) is 3.16. The first-order chi connectivity index (χ1) is 12.2. The molecule has 1 amide bonds. The SMILES string of the molecule is Cc1ccccc1C(=O)Nc1nc(-c2ccc3ccccc3c2)cs1. The number of carbonyl (C=O) groups is 1. The highest BCUT2D eigenvalue weighted by Crippen LogP contribution is 2.28. The lowest BCUT2D eigenvalue weighted by atomic mass is 10.1. The zero-order chi connectivity index (χ0) is 17.2. The number of rotatable bonds is 3. The number of aromatic nitrogens is 1. The highest BCUT2D eigenvalue weighted by Gasteiger charge is 2.11. The molecule has 0 aliphatic heterocycles. The van der Waals surface area contributed by atoms with Crippen LogP contribution in [0.2, 0.25) is 0 Å². The van der Waals surface area contributed by atoms with Gasteiger partial charge in [0.1, 0.15) is 0 Å². The minimum absolute atomic E-state index is 0.127. The molecule has 0 unspecified atom stereocenters. The summed E-state index contributed by atoms with van der Waals surface area (Å²) in [5, 5.41) is 7.85. The van der Waals surface area contributed by atoms with E-state index >= 15 is 0 Å². The number of carbonyl (C=O) groups excluding carboxylic acids is 1. The summed E-state index contributed by atoms with van der Waals surface area (Å²) < 4.78 is 0. The van der Waals surface area contributed by atoms with Crippen molar-refractivity contribution in [3.8, 4) is 11.3 Å². The minimum atomic E-state index is -0.127. The van der Waals surface area contributed by atoms with Crippen LogP contribution in [0.1, 0.15) is 15.9 Å². The molecule has 1 aromatic heterocycles. The number of benzene rings is 3. The zero-order valence-corrected chi connectivity index (χ0v) is 14.5. The molecular formula is C21H16N2OS. The summed E-state index contributed by atoms with van der Waals surface area (Å²) in [5.74, 6) is -0.127. The van der Waals surface area contributed by atoms with Crippen LogP contribution in [-0.2, 0) is 0 Å². The van der Waals surface area contributed by atoms with Gasteiger partial charge in [0.25, 0.3) is 5.91 Å². The molecule has 1 heterocycles. The molecule has 0 spiro atoms. The Morgan fingerprint density at radius 2 is 1.72 bits per heavy atom. The van der Waals surface area contributed by atoms with Gasteiger partial charge < -0.3 is 0 Å². The summed E-state index contributed by atoms with van der Waals surface area (Å²) in [4.78, 5) is 17.0. The first kappa shape index (κ1) is 15.5. The molecule has 0 saturated carbocycles. The third-order valence-corrected chi connectivity index (χ3v) is 4.92.